The normalized spacial score (nSPS) is 11.7. The molecule has 0 aliphatic rings. The van der Waals surface area contributed by atoms with E-state index in [1.165, 1.54) is 141 Å². The lowest BCUT2D eigenvalue weighted by Gasteiger charge is -2.19. The average molecular weight is 982 g/mol. The van der Waals surface area contributed by atoms with E-state index in [4.69, 9.17) is 0 Å². The Morgan fingerprint density at radius 1 is 0.211 bits per heavy atom. The highest BCUT2D eigenvalue weighted by Gasteiger charge is 2.22. The van der Waals surface area contributed by atoms with Gasteiger partial charge < -0.3 is 4.57 Å². The van der Waals surface area contributed by atoms with Gasteiger partial charge in [0.25, 0.3) is 0 Å². The third kappa shape index (κ3) is 7.29. The summed E-state index contributed by atoms with van der Waals surface area (Å²) in [5.74, 6) is 0. The third-order valence-corrected chi connectivity index (χ3v) is 16.8. The molecule has 354 valence electrons. The summed E-state index contributed by atoms with van der Waals surface area (Å²) in [6.07, 6.45) is 0. The lowest BCUT2D eigenvalue weighted by Crippen LogP contribution is -1.95. The molecule has 0 saturated carbocycles. The van der Waals surface area contributed by atoms with E-state index >= 15 is 0 Å². The molecule has 13 aromatic carbocycles. The van der Waals surface area contributed by atoms with Crippen LogP contribution in [0.5, 0.6) is 0 Å². The number of para-hydroxylation sites is 1. The molecule has 0 aliphatic heterocycles. The molecule has 76 heavy (non-hydrogen) atoms. The lowest BCUT2D eigenvalue weighted by molar-refractivity contribution is 1.18. The van der Waals surface area contributed by atoms with Gasteiger partial charge in [-0.15, -0.1) is 11.3 Å². The van der Waals surface area contributed by atoms with Crippen molar-refractivity contribution < 1.29 is 0 Å². The van der Waals surface area contributed by atoms with E-state index in [1.807, 2.05) is 11.3 Å². The summed E-state index contributed by atoms with van der Waals surface area (Å²) in [4.78, 5) is 0. The van der Waals surface area contributed by atoms with Crippen LogP contribution in [0.4, 0.5) is 0 Å². The van der Waals surface area contributed by atoms with Crippen LogP contribution in [0.15, 0.2) is 285 Å². The molecule has 0 amide bonds. The first-order valence-corrected chi connectivity index (χ1v) is 27.0. The highest BCUT2D eigenvalue weighted by molar-refractivity contribution is 7.27. The molecular formula is C74H47NS. The molecule has 0 saturated heterocycles. The topological polar surface area (TPSA) is 4.93 Å². The second kappa shape index (κ2) is 18.1. The number of aromatic nitrogens is 1. The summed E-state index contributed by atoms with van der Waals surface area (Å²) >= 11 is 1.92. The third-order valence-electron chi connectivity index (χ3n) is 15.5. The Morgan fingerprint density at radius 3 is 1.21 bits per heavy atom. The van der Waals surface area contributed by atoms with E-state index in [2.05, 4.69) is 290 Å². The van der Waals surface area contributed by atoms with Gasteiger partial charge in [0.05, 0.1) is 11.0 Å². The van der Waals surface area contributed by atoms with Crippen LogP contribution >= 0.6 is 11.3 Å². The van der Waals surface area contributed by atoms with E-state index in [1.54, 1.807) is 0 Å². The lowest BCUT2D eigenvalue weighted by atomic mass is 9.85. The Bertz CT molecular complexity index is 4710. The molecule has 0 spiro atoms. The van der Waals surface area contributed by atoms with Crippen LogP contribution in [-0.2, 0) is 0 Å². The second-order valence-electron chi connectivity index (χ2n) is 19.9. The number of thiophene rings is 1. The minimum atomic E-state index is 1.12. The van der Waals surface area contributed by atoms with Crippen molar-refractivity contribution in [1.29, 1.82) is 0 Å². The second-order valence-corrected chi connectivity index (χ2v) is 20.9. The summed E-state index contributed by atoms with van der Waals surface area (Å²) < 4.78 is 5.07. The SMILES string of the molecule is c1ccc(-c2cc(-c3ccccc3)c3sc4c(-c5ccc6c7ccccc7n(-c7cccc(-c8ccc9c(-c%10ccccc%10)c%10ccccc%10c(-c%10ccccc%10)c9c8)c7)c6c5)cc(-c5ccccc5)cc4c3c2)cc1. The van der Waals surface area contributed by atoms with Gasteiger partial charge in [-0.25, -0.2) is 0 Å². The molecule has 0 radical (unpaired) electrons. The summed E-state index contributed by atoms with van der Waals surface area (Å²) in [6.45, 7) is 0. The minimum Gasteiger partial charge on any atom is -0.309 e. The Kier molecular flexibility index (Phi) is 10.5. The molecule has 0 bridgehead atoms. The number of benzene rings is 13. The summed E-state index contributed by atoms with van der Waals surface area (Å²) in [5.41, 5.74) is 20.5. The molecule has 1 nitrogen and oxygen atoms in total. The van der Waals surface area contributed by atoms with Crippen LogP contribution in [0.1, 0.15) is 0 Å². The van der Waals surface area contributed by atoms with Gasteiger partial charge in [-0.2, -0.15) is 0 Å². The first-order valence-electron chi connectivity index (χ1n) is 26.1. The zero-order chi connectivity index (χ0) is 50.1. The minimum absolute atomic E-state index is 1.12. The zero-order valence-electron chi connectivity index (χ0n) is 41.5. The molecule has 0 unspecified atom stereocenters. The molecule has 2 aromatic heterocycles. The number of rotatable bonds is 8. The van der Waals surface area contributed by atoms with Crippen molar-refractivity contribution in [2.75, 3.05) is 0 Å². The van der Waals surface area contributed by atoms with E-state index in [9.17, 15) is 0 Å². The van der Waals surface area contributed by atoms with E-state index in [0.717, 1.165) is 5.69 Å². The Balaban J connectivity index is 0.943. The zero-order valence-corrected chi connectivity index (χ0v) is 42.3. The van der Waals surface area contributed by atoms with Gasteiger partial charge in [0.1, 0.15) is 0 Å². The van der Waals surface area contributed by atoms with Gasteiger partial charge in [0, 0.05) is 47.8 Å². The molecular weight excluding hydrogens is 935 g/mol. The van der Waals surface area contributed by atoms with Crippen molar-refractivity contribution in [3.8, 4) is 83.6 Å². The predicted octanol–water partition coefficient (Wildman–Crippen LogP) is 21.1. The fourth-order valence-electron chi connectivity index (χ4n) is 12.1. The van der Waals surface area contributed by atoms with Gasteiger partial charge in [-0.1, -0.05) is 231 Å². The van der Waals surface area contributed by atoms with Gasteiger partial charge in [0.2, 0.25) is 0 Å². The highest BCUT2D eigenvalue weighted by atomic mass is 32.1. The highest BCUT2D eigenvalue weighted by Crippen LogP contribution is 2.49. The average Bonchev–Trinajstić information content (AvgIpc) is 4.11. The predicted molar refractivity (Wildman–Crippen MR) is 327 cm³/mol. The monoisotopic (exact) mass is 981 g/mol. The molecule has 0 aliphatic carbocycles. The molecule has 0 N–H and O–H groups in total. The maximum atomic E-state index is 2.48. The quantitative estimate of drug-likeness (QED) is 0.134. The summed E-state index contributed by atoms with van der Waals surface area (Å²) in [6, 6.07) is 105. The van der Waals surface area contributed by atoms with Crippen molar-refractivity contribution in [2.45, 2.75) is 0 Å². The van der Waals surface area contributed by atoms with E-state index < -0.39 is 0 Å². The Morgan fingerprint density at radius 2 is 0.618 bits per heavy atom. The fourth-order valence-corrected chi connectivity index (χ4v) is 13.4. The van der Waals surface area contributed by atoms with Crippen LogP contribution in [0.2, 0.25) is 0 Å². The number of fused-ring (bicyclic) bond motifs is 8. The Hall–Kier alpha value is -9.60. The van der Waals surface area contributed by atoms with E-state index in [0.29, 0.717) is 0 Å². The molecule has 2 heteroatoms. The smallest absolute Gasteiger partial charge is 0.0547 e. The number of nitrogens with zero attached hydrogens (tertiary/aromatic N) is 1. The van der Waals surface area contributed by atoms with Crippen LogP contribution in [0.25, 0.3) is 147 Å². The van der Waals surface area contributed by atoms with Crippen LogP contribution in [0.3, 0.4) is 0 Å². The standard InChI is InChI=1S/C74H47NS/c1-6-21-48(22-7-1)56-43-64(50-25-10-3-11-26-50)73-67(45-56)68-46-57(49-23-8-2-9-24-49)44-65(74(68)76-73)55-38-39-60-59-33-18-19-36-69(59)75(70(60)47-55)58-32-20-31-53(41-58)54-37-40-63-66(42-54)72(52-29-14-5-15-30-52)62-35-17-16-34-61(62)71(63)51-27-12-4-13-28-51/h1-47H. The Labute approximate surface area is 445 Å². The first kappa shape index (κ1) is 43.9. The summed E-state index contributed by atoms with van der Waals surface area (Å²) in [7, 11) is 0. The van der Waals surface area contributed by atoms with Crippen molar-refractivity contribution >= 4 is 74.9 Å². The molecule has 15 rings (SSSR count). The maximum Gasteiger partial charge on any atom is 0.0547 e. The van der Waals surface area contributed by atoms with Crippen LogP contribution in [0, 0.1) is 0 Å². The van der Waals surface area contributed by atoms with E-state index in [-0.39, 0.29) is 0 Å². The van der Waals surface area contributed by atoms with Crippen molar-refractivity contribution in [2.24, 2.45) is 0 Å². The molecule has 0 fully saturated rings. The van der Waals surface area contributed by atoms with Crippen molar-refractivity contribution in [3.05, 3.63) is 285 Å². The number of hydrogen-bond donors (Lipinski definition) is 0. The van der Waals surface area contributed by atoms with Crippen LogP contribution in [-0.4, -0.2) is 4.57 Å². The van der Waals surface area contributed by atoms with Crippen molar-refractivity contribution in [3.63, 3.8) is 0 Å². The van der Waals surface area contributed by atoms with Gasteiger partial charge >= 0.3 is 0 Å². The first-order chi connectivity index (χ1) is 37.7. The number of hydrogen-bond acceptors (Lipinski definition) is 1. The molecule has 2 heterocycles. The van der Waals surface area contributed by atoms with Crippen molar-refractivity contribution in [1.82, 2.24) is 4.57 Å². The largest absolute Gasteiger partial charge is 0.309 e. The summed E-state index contributed by atoms with van der Waals surface area (Å²) in [5, 5.41) is 10.0. The fraction of sp³-hybridized carbons (Fsp3) is 0. The molecule has 15 aromatic rings. The van der Waals surface area contributed by atoms with Gasteiger partial charge in [0.15, 0.2) is 0 Å². The molecule has 0 atom stereocenters. The maximum absolute atomic E-state index is 2.48. The van der Waals surface area contributed by atoms with Crippen LogP contribution < -0.4 is 0 Å². The van der Waals surface area contributed by atoms with Gasteiger partial charge in [-0.05, 0) is 143 Å². The van der Waals surface area contributed by atoms with Gasteiger partial charge in [-0.3, -0.25) is 0 Å².